The monoisotopic (exact) mass is 241 g/mol. The number of benzene rings is 1. The van der Waals surface area contributed by atoms with Gasteiger partial charge in [-0.2, -0.15) is 0 Å². The molecule has 1 aromatic carbocycles. The molecule has 0 spiro atoms. The number of methoxy groups -OCH3 is 1. The molecule has 0 fully saturated rings. The van der Waals surface area contributed by atoms with E-state index in [-0.39, 0.29) is 10.9 Å². The Kier molecular flexibility index (Phi) is 2.59. The third kappa shape index (κ3) is 1.46. The smallest absolute Gasteiger partial charge is 0.228 e. The highest BCUT2D eigenvalue weighted by atomic mass is 35.5. The molecule has 2 rings (SSSR count). The van der Waals surface area contributed by atoms with E-state index < -0.39 is 5.82 Å². The van der Waals surface area contributed by atoms with Gasteiger partial charge in [0.15, 0.2) is 0 Å². The third-order valence-electron chi connectivity index (χ3n) is 2.38. The third-order valence-corrected chi connectivity index (χ3v) is 2.75. The lowest BCUT2D eigenvalue weighted by Gasteiger charge is -2.00. The zero-order valence-electron chi connectivity index (χ0n) is 8.75. The Balaban J connectivity index is 2.90. The molecule has 2 aromatic rings. The number of fused-ring (bicyclic) bond motifs is 1. The molecule has 5 heteroatoms. The minimum Gasteiger partial charge on any atom is -0.494 e. The van der Waals surface area contributed by atoms with Gasteiger partial charge in [0.25, 0.3) is 0 Å². The highest BCUT2D eigenvalue weighted by molar-refractivity contribution is 6.36. The van der Waals surface area contributed by atoms with Crippen LogP contribution in [0.2, 0.25) is 5.02 Å². The van der Waals surface area contributed by atoms with E-state index in [1.807, 2.05) is 0 Å². The molecule has 84 valence electrons. The molecular formula is C11H9ClFNO2. The van der Waals surface area contributed by atoms with Crippen molar-refractivity contribution in [3.8, 4) is 5.75 Å². The van der Waals surface area contributed by atoms with Crippen LogP contribution < -0.4 is 4.74 Å². The summed E-state index contributed by atoms with van der Waals surface area (Å²) in [5, 5.41) is 0.383. The molecule has 0 saturated heterocycles. The number of ether oxygens (including phenoxy) is 1. The molecule has 16 heavy (non-hydrogen) atoms. The standard InChI is InChI=1S/C11H9ClFNO2/c1-6(15)14-5-9(16-2)10-8(14)4-3-7(13)11(10)12/h3-5H,1-2H3. The maximum atomic E-state index is 13.3. The summed E-state index contributed by atoms with van der Waals surface area (Å²) in [5.74, 6) is -0.334. The summed E-state index contributed by atoms with van der Waals surface area (Å²) in [7, 11) is 1.44. The summed E-state index contributed by atoms with van der Waals surface area (Å²) in [5.41, 5.74) is 0.538. The summed E-state index contributed by atoms with van der Waals surface area (Å²) in [4.78, 5) is 11.4. The minimum absolute atomic E-state index is 0.0330. The molecular weight excluding hydrogens is 233 g/mol. The van der Waals surface area contributed by atoms with Gasteiger partial charge in [0.1, 0.15) is 11.6 Å². The lowest BCUT2D eigenvalue weighted by atomic mass is 10.2. The van der Waals surface area contributed by atoms with E-state index >= 15 is 0 Å². The quantitative estimate of drug-likeness (QED) is 0.768. The zero-order valence-corrected chi connectivity index (χ0v) is 9.51. The van der Waals surface area contributed by atoms with Crippen LogP contribution in [-0.4, -0.2) is 17.6 Å². The van der Waals surface area contributed by atoms with Crippen LogP contribution in [0, 0.1) is 5.82 Å². The average molecular weight is 242 g/mol. The first-order chi connectivity index (χ1) is 7.56. The molecule has 0 saturated carbocycles. The second-order valence-corrected chi connectivity index (χ2v) is 3.72. The van der Waals surface area contributed by atoms with E-state index in [1.54, 1.807) is 0 Å². The first kappa shape index (κ1) is 11.0. The first-order valence-electron chi connectivity index (χ1n) is 4.60. The van der Waals surface area contributed by atoms with Gasteiger partial charge in [-0.15, -0.1) is 0 Å². The van der Waals surface area contributed by atoms with Crippen molar-refractivity contribution < 1.29 is 13.9 Å². The summed E-state index contributed by atoms with van der Waals surface area (Å²) in [6.45, 7) is 1.41. The number of carbonyl (C=O) groups excluding carboxylic acids is 1. The Labute approximate surface area is 96.4 Å². The van der Waals surface area contributed by atoms with Crippen LogP contribution in [0.4, 0.5) is 4.39 Å². The molecule has 1 heterocycles. The van der Waals surface area contributed by atoms with E-state index in [4.69, 9.17) is 16.3 Å². The van der Waals surface area contributed by atoms with Gasteiger partial charge in [0.2, 0.25) is 5.91 Å². The van der Waals surface area contributed by atoms with Gasteiger partial charge < -0.3 is 4.74 Å². The number of halogens is 2. The molecule has 0 N–H and O–H groups in total. The van der Waals surface area contributed by atoms with Crippen molar-refractivity contribution in [1.82, 2.24) is 4.57 Å². The molecule has 1 aromatic heterocycles. The Morgan fingerprint density at radius 2 is 2.19 bits per heavy atom. The molecule has 3 nitrogen and oxygen atoms in total. The minimum atomic E-state index is -0.534. The second-order valence-electron chi connectivity index (χ2n) is 3.34. The fourth-order valence-corrected chi connectivity index (χ4v) is 1.90. The van der Waals surface area contributed by atoms with E-state index in [2.05, 4.69) is 0 Å². The Bertz CT molecular complexity index is 577. The number of hydrogen-bond donors (Lipinski definition) is 0. The van der Waals surface area contributed by atoms with Crippen LogP contribution in [0.1, 0.15) is 11.7 Å². The summed E-state index contributed by atoms with van der Waals surface area (Å²) in [6, 6.07) is 2.73. The van der Waals surface area contributed by atoms with Gasteiger partial charge in [0, 0.05) is 6.92 Å². The normalized spacial score (nSPS) is 10.8. The van der Waals surface area contributed by atoms with Gasteiger partial charge >= 0.3 is 0 Å². The number of hydrogen-bond acceptors (Lipinski definition) is 2. The number of aromatic nitrogens is 1. The molecule has 0 aliphatic heterocycles. The van der Waals surface area contributed by atoms with Crippen molar-refractivity contribution in [3.05, 3.63) is 29.2 Å². The van der Waals surface area contributed by atoms with Crippen molar-refractivity contribution in [1.29, 1.82) is 0 Å². The van der Waals surface area contributed by atoms with Gasteiger partial charge in [-0.3, -0.25) is 9.36 Å². The molecule has 0 unspecified atom stereocenters. The van der Waals surface area contributed by atoms with Crippen molar-refractivity contribution in [2.45, 2.75) is 6.92 Å². The Hall–Kier alpha value is -1.55. The second kappa shape index (κ2) is 3.79. The van der Waals surface area contributed by atoms with E-state index in [0.717, 1.165) is 0 Å². The van der Waals surface area contributed by atoms with Gasteiger partial charge in [0.05, 0.1) is 29.2 Å². The maximum absolute atomic E-state index is 13.3. The largest absolute Gasteiger partial charge is 0.494 e. The van der Waals surface area contributed by atoms with Gasteiger partial charge in [-0.05, 0) is 12.1 Å². The number of carbonyl (C=O) groups is 1. The fourth-order valence-electron chi connectivity index (χ4n) is 1.64. The Morgan fingerprint density at radius 1 is 1.50 bits per heavy atom. The van der Waals surface area contributed by atoms with Crippen molar-refractivity contribution in [2.75, 3.05) is 7.11 Å². The van der Waals surface area contributed by atoms with Crippen molar-refractivity contribution in [3.63, 3.8) is 0 Å². The van der Waals surface area contributed by atoms with E-state index in [1.165, 1.54) is 36.9 Å². The van der Waals surface area contributed by atoms with Gasteiger partial charge in [-0.1, -0.05) is 11.6 Å². The lowest BCUT2D eigenvalue weighted by Crippen LogP contribution is -2.02. The van der Waals surface area contributed by atoms with E-state index in [0.29, 0.717) is 16.7 Å². The Morgan fingerprint density at radius 3 is 2.75 bits per heavy atom. The first-order valence-corrected chi connectivity index (χ1v) is 4.98. The molecule has 0 aliphatic rings. The van der Waals surface area contributed by atoms with Crippen molar-refractivity contribution >= 4 is 28.4 Å². The summed E-state index contributed by atoms with van der Waals surface area (Å²) >= 11 is 5.85. The average Bonchev–Trinajstić information content (AvgIpc) is 2.62. The van der Waals surface area contributed by atoms with Gasteiger partial charge in [-0.25, -0.2) is 4.39 Å². The van der Waals surface area contributed by atoms with E-state index in [9.17, 15) is 9.18 Å². The van der Waals surface area contributed by atoms with Crippen LogP contribution in [0.15, 0.2) is 18.3 Å². The lowest BCUT2D eigenvalue weighted by molar-refractivity contribution is 0.0941. The highest BCUT2D eigenvalue weighted by Crippen LogP contribution is 2.35. The van der Waals surface area contributed by atoms with Crippen molar-refractivity contribution in [2.24, 2.45) is 0 Å². The summed E-state index contributed by atoms with van der Waals surface area (Å²) in [6.07, 6.45) is 1.50. The SMILES string of the molecule is COc1cn(C(C)=O)c2ccc(F)c(Cl)c12. The van der Waals surface area contributed by atoms with Crippen LogP contribution in [0.3, 0.4) is 0 Å². The predicted molar refractivity (Wildman–Crippen MR) is 59.8 cm³/mol. The molecule has 0 radical (unpaired) electrons. The van der Waals surface area contributed by atoms with Crippen LogP contribution in [0.25, 0.3) is 10.9 Å². The summed E-state index contributed by atoms with van der Waals surface area (Å²) < 4.78 is 19.7. The van der Waals surface area contributed by atoms with Crippen LogP contribution in [-0.2, 0) is 0 Å². The number of rotatable bonds is 1. The molecule has 0 bridgehead atoms. The number of nitrogens with zero attached hydrogens (tertiary/aromatic N) is 1. The molecule has 0 amide bonds. The molecule has 0 atom stereocenters. The topological polar surface area (TPSA) is 31.2 Å². The maximum Gasteiger partial charge on any atom is 0.228 e. The predicted octanol–water partition coefficient (Wildman–Crippen LogP) is 3.10. The highest BCUT2D eigenvalue weighted by Gasteiger charge is 2.16. The zero-order chi connectivity index (χ0) is 11.9. The van der Waals surface area contributed by atoms with Crippen LogP contribution in [0.5, 0.6) is 5.75 Å². The van der Waals surface area contributed by atoms with Crippen LogP contribution >= 0.6 is 11.6 Å². The fraction of sp³-hybridized carbons (Fsp3) is 0.182. The molecule has 0 aliphatic carbocycles.